The lowest BCUT2D eigenvalue weighted by Gasteiger charge is -2.11. The second-order valence-corrected chi connectivity index (χ2v) is 5.88. The molecule has 0 amide bonds. The molecule has 0 aliphatic rings. The van der Waals surface area contributed by atoms with Crippen LogP contribution in [0, 0.1) is 5.82 Å². The molecule has 0 aliphatic carbocycles. The molecule has 0 nitrogen and oxygen atoms in total. The summed E-state index contributed by atoms with van der Waals surface area (Å²) in [5.74, 6) is -0.240. The summed E-state index contributed by atoms with van der Waals surface area (Å²) in [6.07, 6.45) is 0.634. The maximum absolute atomic E-state index is 12.8. The number of rotatable bonds is 3. The van der Waals surface area contributed by atoms with Crippen LogP contribution in [0.15, 0.2) is 46.9 Å². The minimum atomic E-state index is -0.240. The van der Waals surface area contributed by atoms with Gasteiger partial charge in [0.15, 0.2) is 0 Å². The first kappa shape index (κ1) is 13.9. The minimum absolute atomic E-state index is 0.189. The van der Waals surface area contributed by atoms with Crippen molar-refractivity contribution in [2.24, 2.45) is 0 Å². The summed E-state index contributed by atoms with van der Waals surface area (Å²) in [6.45, 7) is 0. The molecule has 0 aromatic heterocycles. The molecule has 0 radical (unpaired) electrons. The molecule has 94 valence electrons. The lowest BCUT2D eigenvalue weighted by atomic mass is 10.0. The van der Waals surface area contributed by atoms with Gasteiger partial charge >= 0.3 is 0 Å². The first-order valence-corrected chi connectivity index (χ1v) is 7.00. The third-order valence-corrected chi connectivity index (χ3v) is 3.66. The fraction of sp³-hybridized carbons (Fsp3) is 0.143. The van der Waals surface area contributed by atoms with E-state index in [1.807, 2.05) is 18.2 Å². The molecule has 4 heteroatoms. The van der Waals surface area contributed by atoms with Crippen LogP contribution >= 0.6 is 39.1 Å². The summed E-state index contributed by atoms with van der Waals surface area (Å²) in [4.78, 5) is 0. The molecule has 0 aliphatic heterocycles. The van der Waals surface area contributed by atoms with Gasteiger partial charge in [-0.25, -0.2) is 4.39 Å². The van der Waals surface area contributed by atoms with Gasteiger partial charge in [-0.2, -0.15) is 0 Å². The number of halogens is 4. The number of alkyl halides is 1. The van der Waals surface area contributed by atoms with Crippen molar-refractivity contribution in [3.8, 4) is 0 Å². The SMILES string of the molecule is Fc1ccc(CC(Cl)c2cc(Cl)cc(Br)c2)cc1. The van der Waals surface area contributed by atoms with Crippen molar-refractivity contribution in [1.29, 1.82) is 0 Å². The molecule has 0 fully saturated rings. The van der Waals surface area contributed by atoms with Crippen LogP contribution in [-0.2, 0) is 6.42 Å². The predicted octanol–water partition coefficient (Wildman–Crippen LogP) is 5.76. The molecule has 0 bridgehead atoms. The van der Waals surface area contributed by atoms with Gasteiger partial charge in [0.25, 0.3) is 0 Å². The van der Waals surface area contributed by atoms with Gasteiger partial charge in [0.05, 0.1) is 5.38 Å². The van der Waals surface area contributed by atoms with Crippen molar-refractivity contribution < 1.29 is 4.39 Å². The van der Waals surface area contributed by atoms with Crippen LogP contribution < -0.4 is 0 Å². The van der Waals surface area contributed by atoms with E-state index in [1.54, 1.807) is 12.1 Å². The van der Waals surface area contributed by atoms with Crippen LogP contribution in [0.25, 0.3) is 0 Å². The Bertz CT molecular complexity index is 520. The Balaban J connectivity index is 2.16. The van der Waals surface area contributed by atoms with Crippen LogP contribution in [0.2, 0.25) is 5.02 Å². The van der Waals surface area contributed by atoms with E-state index in [-0.39, 0.29) is 11.2 Å². The van der Waals surface area contributed by atoms with Crippen molar-refractivity contribution >= 4 is 39.1 Å². The Kier molecular flexibility index (Phi) is 4.66. The Morgan fingerprint density at radius 3 is 2.39 bits per heavy atom. The van der Waals surface area contributed by atoms with Gasteiger partial charge < -0.3 is 0 Å². The van der Waals surface area contributed by atoms with Crippen molar-refractivity contribution in [1.82, 2.24) is 0 Å². The number of hydrogen-bond donors (Lipinski definition) is 0. The van der Waals surface area contributed by atoms with Gasteiger partial charge in [-0.15, -0.1) is 11.6 Å². The largest absolute Gasteiger partial charge is 0.207 e. The highest BCUT2D eigenvalue weighted by Gasteiger charge is 2.10. The highest BCUT2D eigenvalue weighted by molar-refractivity contribution is 9.10. The van der Waals surface area contributed by atoms with E-state index in [9.17, 15) is 4.39 Å². The first-order chi connectivity index (χ1) is 8.54. The lowest BCUT2D eigenvalue weighted by Crippen LogP contribution is -1.96. The zero-order valence-corrected chi connectivity index (χ0v) is 12.4. The summed E-state index contributed by atoms with van der Waals surface area (Å²) in [6, 6.07) is 11.9. The van der Waals surface area contributed by atoms with Crippen LogP contribution in [0.1, 0.15) is 16.5 Å². The summed E-state index contributed by atoms with van der Waals surface area (Å²) in [7, 11) is 0. The van der Waals surface area contributed by atoms with E-state index in [0.29, 0.717) is 11.4 Å². The second-order valence-electron chi connectivity index (χ2n) is 4.00. The van der Waals surface area contributed by atoms with Gasteiger partial charge in [0.2, 0.25) is 0 Å². The fourth-order valence-electron chi connectivity index (χ4n) is 1.70. The number of hydrogen-bond acceptors (Lipinski definition) is 0. The Hall–Kier alpha value is -0.570. The molecule has 0 heterocycles. The average molecular weight is 348 g/mol. The summed E-state index contributed by atoms with van der Waals surface area (Å²) in [5.41, 5.74) is 1.94. The van der Waals surface area contributed by atoms with E-state index in [0.717, 1.165) is 15.6 Å². The molecule has 18 heavy (non-hydrogen) atoms. The van der Waals surface area contributed by atoms with Crippen LogP contribution in [0.4, 0.5) is 4.39 Å². The maximum Gasteiger partial charge on any atom is 0.123 e. The van der Waals surface area contributed by atoms with E-state index >= 15 is 0 Å². The van der Waals surface area contributed by atoms with Crippen molar-refractivity contribution in [2.75, 3.05) is 0 Å². The summed E-state index contributed by atoms with van der Waals surface area (Å²) in [5, 5.41) is 0.453. The molecular formula is C14H10BrCl2F. The molecule has 1 atom stereocenters. The van der Waals surface area contributed by atoms with Crippen molar-refractivity contribution in [3.05, 3.63) is 68.9 Å². The second kappa shape index (κ2) is 6.05. The van der Waals surface area contributed by atoms with E-state index in [2.05, 4.69) is 15.9 Å². The zero-order valence-electron chi connectivity index (χ0n) is 9.34. The average Bonchev–Trinajstić information content (AvgIpc) is 2.31. The molecule has 0 saturated carbocycles. The molecule has 0 saturated heterocycles. The molecule has 2 aromatic rings. The molecule has 0 N–H and O–H groups in total. The van der Waals surface area contributed by atoms with E-state index < -0.39 is 0 Å². The normalized spacial score (nSPS) is 12.4. The monoisotopic (exact) mass is 346 g/mol. The highest BCUT2D eigenvalue weighted by Crippen LogP contribution is 2.30. The first-order valence-electron chi connectivity index (χ1n) is 5.39. The third kappa shape index (κ3) is 3.71. The van der Waals surface area contributed by atoms with Crippen LogP contribution in [-0.4, -0.2) is 0 Å². The smallest absolute Gasteiger partial charge is 0.123 e. The molecular weight excluding hydrogens is 338 g/mol. The minimum Gasteiger partial charge on any atom is -0.207 e. The van der Waals surface area contributed by atoms with E-state index in [4.69, 9.17) is 23.2 Å². The third-order valence-electron chi connectivity index (χ3n) is 2.57. The van der Waals surface area contributed by atoms with Gasteiger partial charge in [-0.1, -0.05) is 39.7 Å². The lowest BCUT2D eigenvalue weighted by molar-refractivity contribution is 0.627. The maximum atomic E-state index is 12.8. The molecule has 0 spiro atoms. The van der Waals surface area contributed by atoms with Crippen molar-refractivity contribution in [3.63, 3.8) is 0 Å². The Morgan fingerprint density at radius 1 is 1.11 bits per heavy atom. The topological polar surface area (TPSA) is 0 Å². The van der Waals surface area contributed by atoms with Gasteiger partial charge in [-0.05, 0) is 47.9 Å². The van der Waals surface area contributed by atoms with Gasteiger partial charge in [0, 0.05) is 9.50 Å². The molecule has 1 unspecified atom stereocenters. The van der Waals surface area contributed by atoms with Crippen molar-refractivity contribution in [2.45, 2.75) is 11.8 Å². The summed E-state index contributed by atoms with van der Waals surface area (Å²) >= 11 is 15.7. The van der Waals surface area contributed by atoms with Crippen LogP contribution in [0.5, 0.6) is 0 Å². The quantitative estimate of drug-likeness (QED) is 0.619. The molecule has 2 rings (SSSR count). The Labute approximate surface area is 124 Å². The fourth-order valence-corrected chi connectivity index (χ4v) is 2.89. The van der Waals surface area contributed by atoms with Gasteiger partial charge in [0.1, 0.15) is 5.82 Å². The van der Waals surface area contributed by atoms with Crippen LogP contribution in [0.3, 0.4) is 0 Å². The standard InChI is InChI=1S/C14H10BrCl2F/c15-11-6-10(7-12(16)8-11)14(17)5-9-1-3-13(18)4-2-9/h1-4,6-8,14H,5H2. The van der Waals surface area contributed by atoms with E-state index in [1.165, 1.54) is 12.1 Å². The summed E-state index contributed by atoms with van der Waals surface area (Å²) < 4.78 is 13.7. The zero-order chi connectivity index (χ0) is 13.1. The Morgan fingerprint density at radius 2 is 1.78 bits per heavy atom. The highest BCUT2D eigenvalue weighted by atomic mass is 79.9. The van der Waals surface area contributed by atoms with Gasteiger partial charge in [-0.3, -0.25) is 0 Å². The predicted molar refractivity (Wildman–Crippen MR) is 77.9 cm³/mol. The molecule has 2 aromatic carbocycles. The number of benzene rings is 2.